The van der Waals surface area contributed by atoms with Crippen molar-refractivity contribution in [1.82, 2.24) is 0 Å². The summed E-state index contributed by atoms with van der Waals surface area (Å²) >= 11 is 0. The fraction of sp³-hybridized carbons (Fsp3) is 0. The summed E-state index contributed by atoms with van der Waals surface area (Å²) in [4.78, 5) is 33.8. The maximum absolute atomic E-state index is 13.4. The smallest absolute Gasteiger partial charge is 0.344 e. The van der Waals surface area contributed by atoms with Gasteiger partial charge in [0.2, 0.25) is 0 Å². The molecule has 7 aromatic rings. The molecule has 0 aliphatic rings. The molecule has 7 aromatic carbocycles. The lowest BCUT2D eigenvalue weighted by Gasteiger charge is -2.11. The number of hydrogen-bond acceptors (Lipinski definition) is 4. The van der Waals surface area contributed by atoms with Crippen molar-refractivity contribution in [2.75, 3.05) is 0 Å². The Bertz CT molecular complexity index is 1940. The van der Waals surface area contributed by atoms with Gasteiger partial charge in [-0.1, -0.05) is 84.9 Å². The summed E-state index contributed by atoms with van der Waals surface area (Å²) in [6, 6.07) is 63.0. The molecule has 242 valence electrons. The largest absolute Gasteiger partial charge is 0.423 e. The van der Waals surface area contributed by atoms with Crippen LogP contribution in [0.5, 0.6) is 11.5 Å². The van der Waals surface area contributed by atoms with Gasteiger partial charge in [0.25, 0.3) is 0 Å². The SMILES string of the molecule is O=C(Oc1ccc([S+](c2ccccc2)c2ccccc2)cc1)c1ccccc1C(=O)Oc1ccc([S+](c2ccccc2)c2ccccc2)cc1. The first-order chi connectivity index (χ1) is 24.6. The minimum absolute atomic E-state index is 0.126. The third-order valence-corrected chi connectivity index (χ3v) is 12.3. The second kappa shape index (κ2) is 15.6. The highest BCUT2D eigenvalue weighted by atomic mass is 32.2. The Hall–Kier alpha value is -5.82. The third kappa shape index (κ3) is 7.57. The molecule has 0 aromatic heterocycles. The number of benzene rings is 7. The van der Waals surface area contributed by atoms with Gasteiger partial charge in [0.05, 0.1) is 32.9 Å². The van der Waals surface area contributed by atoms with Gasteiger partial charge in [-0.25, -0.2) is 9.59 Å². The van der Waals surface area contributed by atoms with Crippen LogP contribution in [-0.2, 0) is 21.8 Å². The van der Waals surface area contributed by atoms with Crippen LogP contribution in [0.25, 0.3) is 0 Å². The van der Waals surface area contributed by atoms with Crippen LogP contribution in [0, 0.1) is 0 Å². The van der Waals surface area contributed by atoms with Gasteiger partial charge in [-0.05, 0) is 109 Å². The summed E-state index contributed by atoms with van der Waals surface area (Å²) < 4.78 is 11.5. The third-order valence-electron chi connectivity index (χ3n) is 7.82. The van der Waals surface area contributed by atoms with Crippen molar-refractivity contribution in [2.45, 2.75) is 29.4 Å². The van der Waals surface area contributed by atoms with Gasteiger partial charge >= 0.3 is 11.9 Å². The molecule has 6 heteroatoms. The molecule has 50 heavy (non-hydrogen) atoms. The minimum atomic E-state index is -0.638. The van der Waals surface area contributed by atoms with Crippen molar-refractivity contribution in [3.63, 3.8) is 0 Å². The molecule has 7 rings (SSSR count). The summed E-state index contributed by atoms with van der Waals surface area (Å²) in [6.45, 7) is 0. The van der Waals surface area contributed by atoms with E-state index in [1.807, 2.05) is 97.1 Å². The first kappa shape index (κ1) is 32.7. The average molecular weight is 689 g/mol. The second-order valence-electron chi connectivity index (χ2n) is 11.1. The van der Waals surface area contributed by atoms with Crippen molar-refractivity contribution >= 4 is 33.7 Å². The van der Waals surface area contributed by atoms with Crippen LogP contribution in [0.15, 0.2) is 223 Å². The van der Waals surface area contributed by atoms with Gasteiger partial charge in [-0.15, -0.1) is 0 Å². The van der Waals surface area contributed by atoms with Crippen LogP contribution < -0.4 is 9.47 Å². The average Bonchev–Trinajstić information content (AvgIpc) is 3.18. The molecule has 0 radical (unpaired) electrons. The van der Waals surface area contributed by atoms with Crippen LogP contribution in [0.3, 0.4) is 0 Å². The standard InChI is InChI=1S/C44H32O4S2/c45-43(47-33-25-29-39(30-26-33)49(35-15-5-1-6-16-35)36-17-7-2-8-18-36)41-23-13-14-24-42(41)44(46)48-34-27-31-40(32-28-34)50(37-19-9-3-10-20-37)38-21-11-4-12-22-38/h1-32H/q+2. The fourth-order valence-corrected chi connectivity index (χ4v) is 9.66. The molecule has 0 saturated carbocycles. The quantitative estimate of drug-likeness (QED) is 0.0816. The van der Waals surface area contributed by atoms with E-state index in [2.05, 4.69) is 48.5 Å². The highest BCUT2D eigenvalue weighted by Gasteiger charge is 2.30. The van der Waals surface area contributed by atoms with Crippen LogP contribution in [0.1, 0.15) is 20.7 Å². The van der Waals surface area contributed by atoms with E-state index in [9.17, 15) is 9.59 Å². The van der Waals surface area contributed by atoms with E-state index in [4.69, 9.17) is 9.47 Å². The van der Waals surface area contributed by atoms with Crippen molar-refractivity contribution in [2.24, 2.45) is 0 Å². The van der Waals surface area contributed by atoms with Crippen molar-refractivity contribution < 1.29 is 19.1 Å². The summed E-state index contributed by atoms with van der Waals surface area (Å²) in [5, 5.41) is 0. The van der Waals surface area contributed by atoms with Crippen LogP contribution in [-0.4, -0.2) is 11.9 Å². The number of esters is 2. The molecule has 0 saturated heterocycles. The first-order valence-corrected chi connectivity index (χ1v) is 18.5. The highest BCUT2D eigenvalue weighted by molar-refractivity contribution is 7.97. The minimum Gasteiger partial charge on any atom is -0.423 e. The van der Waals surface area contributed by atoms with Crippen molar-refractivity contribution in [3.8, 4) is 11.5 Å². The van der Waals surface area contributed by atoms with E-state index in [-0.39, 0.29) is 32.9 Å². The Morgan fingerprint density at radius 2 is 0.540 bits per heavy atom. The van der Waals surface area contributed by atoms with E-state index < -0.39 is 11.9 Å². The monoisotopic (exact) mass is 688 g/mol. The van der Waals surface area contributed by atoms with Gasteiger partial charge in [0, 0.05) is 0 Å². The predicted octanol–water partition coefficient (Wildman–Crippen LogP) is 10.3. The first-order valence-electron chi connectivity index (χ1n) is 16.1. The van der Waals surface area contributed by atoms with Gasteiger partial charge in [0.15, 0.2) is 29.4 Å². The molecule has 0 fully saturated rings. The molecule has 0 aliphatic carbocycles. The maximum Gasteiger partial charge on any atom is 0.344 e. The Kier molecular flexibility index (Phi) is 10.2. The molecular weight excluding hydrogens is 657 g/mol. The predicted molar refractivity (Wildman–Crippen MR) is 199 cm³/mol. The lowest BCUT2D eigenvalue weighted by atomic mass is 10.1. The molecule has 0 N–H and O–H groups in total. The van der Waals surface area contributed by atoms with Crippen molar-refractivity contribution in [3.05, 3.63) is 205 Å². The molecule has 0 atom stereocenters. The zero-order valence-corrected chi connectivity index (χ0v) is 28.6. The van der Waals surface area contributed by atoms with Crippen LogP contribution >= 0.6 is 0 Å². The van der Waals surface area contributed by atoms with Gasteiger partial charge in [-0.2, -0.15) is 0 Å². The molecule has 0 amide bonds. The Balaban J connectivity index is 1.07. The number of carbonyl (C=O) groups is 2. The van der Waals surface area contributed by atoms with E-state index >= 15 is 0 Å². The van der Waals surface area contributed by atoms with Crippen LogP contribution in [0.4, 0.5) is 0 Å². The molecule has 0 heterocycles. The molecule has 0 spiro atoms. The molecule has 0 unspecified atom stereocenters. The fourth-order valence-electron chi connectivity index (χ4n) is 5.49. The maximum atomic E-state index is 13.4. The lowest BCUT2D eigenvalue weighted by Crippen LogP contribution is -2.17. The Morgan fingerprint density at radius 1 is 0.300 bits per heavy atom. The summed E-state index contributed by atoms with van der Waals surface area (Å²) in [5.74, 6) is -0.509. The van der Waals surface area contributed by atoms with E-state index in [0.29, 0.717) is 11.5 Å². The van der Waals surface area contributed by atoms with Gasteiger partial charge < -0.3 is 9.47 Å². The molecule has 0 aliphatic heterocycles. The topological polar surface area (TPSA) is 52.6 Å². The van der Waals surface area contributed by atoms with Gasteiger partial charge in [-0.3, -0.25) is 0 Å². The second-order valence-corrected chi connectivity index (χ2v) is 15.2. The summed E-state index contributed by atoms with van der Waals surface area (Å²) in [5.41, 5.74) is 0.252. The zero-order valence-electron chi connectivity index (χ0n) is 26.9. The Morgan fingerprint density at radius 3 is 0.820 bits per heavy atom. The van der Waals surface area contributed by atoms with E-state index in [1.165, 1.54) is 19.6 Å². The zero-order chi connectivity index (χ0) is 34.1. The number of ether oxygens (including phenoxy) is 2. The normalized spacial score (nSPS) is 10.9. The molecular formula is C44H32O4S2+2. The number of rotatable bonds is 10. The lowest BCUT2D eigenvalue weighted by molar-refractivity contribution is 0.0692. The van der Waals surface area contributed by atoms with Gasteiger partial charge in [0.1, 0.15) is 11.5 Å². The van der Waals surface area contributed by atoms with Crippen LogP contribution in [0.2, 0.25) is 0 Å². The Labute approximate surface area is 297 Å². The molecule has 0 bridgehead atoms. The van der Waals surface area contributed by atoms with E-state index in [1.54, 1.807) is 48.5 Å². The summed E-state index contributed by atoms with van der Waals surface area (Å²) in [7, 11) is -0.653. The molecule has 4 nitrogen and oxygen atoms in total. The highest BCUT2D eigenvalue weighted by Crippen LogP contribution is 2.33. The van der Waals surface area contributed by atoms with E-state index in [0.717, 1.165) is 9.79 Å². The number of hydrogen-bond donors (Lipinski definition) is 0. The number of carbonyl (C=O) groups excluding carboxylic acids is 2. The summed E-state index contributed by atoms with van der Waals surface area (Å²) in [6.07, 6.45) is 0. The van der Waals surface area contributed by atoms with Crippen molar-refractivity contribution in [1.29, 1.82) is 0 Å².